The van der Waals surface area contributed by atoms with Crippen molar-refractivity contribution in [3.05, 3.63) is 29.6 Å². The van der Waals surface area contributed by atoms with E-state index in [1.165, 1.54) is 12.1 Å². The standard InChI is InChI=1S/C11H15FN2O2S/c1-8-10(12)3-2-4-11(8)14-17(15,16)9-5-6-13-7-9/h2-4,9,13-14H,5-7H2,1H3. The summed E-state index contributed by atoms with van der Waals surface area (Å²) in [5, 5.41) is 2.56. The molecule has 1 aromatic carbocycles. The minimum Gasteiger partial charge on any atom is -0.315 e. The quantitative estimate of drug-likeness (QED) is 0.857. The first kappa shape index (κ1) is 12.3. The first-order valence-electron chi connectivity index (χ1n) is 5.48. The van der Waals surface area contributed by atoms with Gasteiger partial charge >= 0.3 is 0 Å². The lowest BCUT2D eigenvalue weighted by molar-refractivity contribution is 0.588. The fourth-order valence-electron chi connectivity index (χ4n) is 1.85. The summed E-state index contributed by atoms with van der Waals surface area (Å²) in [6.45, 7) is 2.71. The maximum atomic E-state index is 13.3. The molecular weight excluding hydrogens is 243 g/mol. The van der Waals surface area contributed by atoms with Gasteiger partial charge in [0.15, 0.2) is 0 Å². The number of benzene rings is 1. The summed E-state index contributed by atoms with van der Waals surface area (Å²) in [5.41, 5.74) is 0.638. The van der Waals surface area contributed by atoms with Crippen LogP contribution in [0.4, 0.5) is 10.1 Å². The van der Waals surface area contributed by atoms with Crippen molar-refractivity contribution >= 4 is 15.7 Å². The van der Waals surface area contributed by atoms with Gasteiger partial charge in [-0.25, -0.2) is 12.8 Å². The topological polar surface area (TPSA) is 58.2 Å². The third-order valence-electron chi connectivity index (χ3n) is 2.97. The second kappa shape index (κ2) is 4.62. The van der Waals surface area contributed by atoms with Gasteiger partial charge in [-0.05, 0) is 32.0 Å². The highest BCUT2D eigenvalue weighted by atomic mass is 32.2. The molecule has 1 fully saturated rings. The molecule has 1 aromatic rings. The fourth-order valence-corrected chi connectivity index (χ4v) is 3.31. The lowest BCUT2D eigenvalue weighted by atomic mass is 10.2. The average Bonchev–Trinajstić information content (AvgIpc) is 2.78. The largest absolute Gasteiger partial charge is 0.315 e. The zero-order valence-corrected chi connectivity index (χ0v) is 10.3. The SMILES string of the molecule is Cc1c(F)cccc1NS(=O)(=O)C1CCNC1. The van der Waals surface area contributed by atoms with Crippen LogP contribution in [0, 0.1) is 12.7 Å². The zero-order valence-electron chi connectivity index (χ0n) is 9.53. The summed E-state index contributed by atoms with van der Waals surface area (Å²) < 4.78 is 39.7. The monoisotopic (exact) mass is 258 g/mol. The third kappa shape index (κ3) is 2.58. The molecule has 0 spiro atoms. The van der Waals surface area contributed by atoms with Gasteiger partial charge in [0.1, 0.15) is 5.82 Å². The van der Waals surface area contributed by atoms with Gasteiger partial charge in [0, 0.05) is 12.1 Å². The molecule has 1 aliphatic heterocycles. The highest BCUT2D eigenvalue weighted by Crippen LogP contribution is 2.21. The van der Waals surface area contributed by atoms with Crippen molar-refractivity contribution in [2.45, 2.75) is 18.6 Å². The zero-order chi connectivity index (χ0) is 12.5. The van der Waals surface area contributed by atoms with Crippen LogP contribution in [0.5, 0.6) is 0 Å². The summed E-state index contributed by atoms with van der Waals surface area (Å²) in [6.07, 6.45) is 0.587. The van der Waals surface area contributed by atoms with Crippen LogP contribution in [0.15, 0.2) is 18.2 Å². The highest BCUT2D eigenvalue weighted by molar-refractivity contribution is 7.93. The van der Waals surface area contributed by atoms with Gasteiger partial charge in [-0.15, -0.1) is 0 Å². The maximum Gasteiger partial charge on any atom is 0.236 e. The van der Waals surface area contributed by atoms with Gasteiger partial charge in [-0.2, -0.15) is 0 Å². The van der Waals surface area contributed by atoms with Crippen LogP contribution in [-0.2, 0) is 10.0 Å². The second-order valence-corrected chi connectivity index (χ2v) is 6.14. The summed E-state index contributed by atoms with van der Waals surface area (Å²) in [5.74, 6) is -0.408. The number of anilines is 1. The smallest absolute Gasteiger partial charge is 0.236 e. The number of rotatable bonds is 3. The summed E-state index contributed by atoms with van der Waals surface area (Å²) in [6, 6.07) is 4.37. The first-order valence-corrected chi connectivity index (χ1v) is 7.03. The minimum atomic E-state index is -3.43. The Hall–Kier alpha value is -1.14. The molecule has 0 aliphatic carbocycles. The number of halogens is 1. The number of hydrogen-bond donors (Lipinski definition) is 2. The lowest BCUT2D eigenvalue weighted by Gasteiger charge is -2.14. The lowest BCUT2D eigenvalue weighted by Crippen LogP contribution is -2.29. The molecule has 2 rings (SSSR count). The van der Waals surface area contributed by atoms with E-state index in [4.69, 9.17) is 0 Å². The molecule has 1 unspecified atom stereocenters. The molecule has 17 heavy (non-hydrogen) atoms. The molecule has 0 radical (unpaired) electrons. The first-order chi connectivity index (χ1) is 8.00. The number of sulfonamides is 1. The molecule has 1 atom stereocenters. The predicted molar refractivity (Wildman–Crippen MR) is 65.0 cm³/mol. The van der Waals surface area contributed by atoms with Crippen molar-refractivity contribution in [1.82, 2.24) is 5.32 Å². The van der Waals surface area contributed by atoms with Crippen LogP contribution in [0.2, 0.25) is 0 Å². The molecular formula is C11H15FN2O2S. The molecule has 0 bridgehead atoms. The van der Waals surface area contributed by atoms with Gasteiger partial charge in [0.25, 0.3) is 0 Å². The fraction of sp³-hybridized carbons (Fsp3) is 0.455. The summed E-state index contributed by atoms with van der Waals surface area (Å²) in [7, 11) is -3.43. The van der Waals surface area contributed by atoms with Crippen LogP contribution in [0.3, 0.4) is 0 Å². The van der Waals surface area contributed by atoms with Crippen LogP contribution in [-0.4, -0.2) is 26.8 Å². The van der Waals surface area contributed by atoms with Gasteiger partial charge in [0.05, 0.1) is 10.9 Å². The second-order valence-electron chi connectivity index (χ2n) is 4.17. The van der Waals surface area contributed by atoms with Crippen molar-refractivity contribution in [3.8, 4) is 0 Å². The minimum absolute atomic E-state index is 0.317. The van der Waals surface area contributed by atoms with E-state index in [9.17, 15) is 12.8 Å². The molecule has 6 heteroatoms. The van der Waals surface area contributed by atoms with E-state index < -0.39 is 21.1 Å². The maximum absolute atomic E-state index is 13.3. The molecule has 94 valence electrons. The van der Waals surface area contributed by atoms with E-state index in [1.807, 2.05) is 0 Å². The molecule has 4 nitrogen and oxygen atoms in total. The van der Waals surface area contributed by atoms with Crippen molar-refractivity contribution < 1.29 is 12.8 Å². The van der Waals surface area contributed by atoms with Crippen molar-refractivity contribution in [2.75, 3.05) is 17.8 Å². The Morgan fingerprint density at radius 2 is 2.24 bits per heavy atom. The Morgan fingerprint density at radius 1 is 1.47 bits per heavy atom. The van der Waals surface area contributed by atoms with E-state index in [-0.39, 0.29) is 0 Å². The van der Waals surface area contributed by atoms with E-state index in [2.05, 4.69) is 10.0 Å². The van der Waals surface area contributed by atoms with E-state index in [1.54, 1.807) is 13.0 Å². The van der Waals surface area contributed by atoms with E-state index in [0.29, 0.717) is 30.8 Å². The third-order valence-corrected chi connectivity index (χ3v) is 4.76. The Morgan fingerprint density at radius 3 is 2.88 bits per heavy atom. The van der Waals surface area contributed by atoms with E-state index in [0.717, 1.165) is 0 Å². The summed E-state index contributed by atoms with van der Waals surface area (Å²) >= 11 is 0. The Bertz CT molecular complexity index is 510. The van der Waals surface area contributed by atoms with Crippen molar-refractivity contribution in [2.24, 2.45) is 0 Å². The molecule has 1 heterocycles. The van der Waals surface area contributed by atoms with Crippen molar-refractivity contribution in [1.29, 1.82) is 0 Å². The molecule has 2 N–H and O–H groups in total. The van der Waals surface area contributed by atoms with Gasteiger partial charge in [-0.3, -0.25) is 4.72 Å². The van der Waals surface area contributed by atoms with Crippen molar-refractivity contribution in [3.63, 3.8) is 0 Å². The highest BCUT2D eigenvalue weighted by Gasteiger charge is 2.28. The molecule has 0 amide bonds. The molecule has 0 aromatic heterocycles. The van der Waals surface area contributed by atoms with Crippen LogP contribution >= 0.6 is 0 Å². The number of nitrogens with one attached hydrogen (secondary N) is 2. The normalized spacial score (nSPS) is 20.5. The number of hydrogen-bond acceptors (Lipinski definition) is 3. The van der Waals surface area contributed by atoms with Gasteiger partial charge < -0.3 is 5.32 Å². The Balaban J connectivity index is 2.23. The Kier molecular flexibility index (Phi) is 3.35. The van der Waals surface area contributed by atoms with Crippen LogP contribution in [0.25, 0.3) is 0 Å². The van der Waals surface area contributed by atoms with E-state index >= 15 is 0 Å². The summed E-state index contributed by atoms with van der Waals surface area (Å²) in [4.78, 5) is 0. The molecule has 1 aliphatic rings. The van der Waals surface area contributed by atoms with Gasteiger partial charge in [0.2, 0.25) is 10.0 Å². The van der Waals surface area contributed by atoms with Gasteiger partial charge in [-0.1, -0.05) is 6.07 Å². The van der Waals surface area contributed by atoms with Crippen LogP contribution in [0.1, 0.15) is 12.0 Å². The van der Waals surface area contributed by atoms with Crippen LogP contribution < -0.4 is 10.0 Å². The average molecular weight is 258 g/mol. The Labute approximate surface area is 100 Å². The molecule has 1 saturated heterocycles. The predicted octanol–water partition coefficient (Wildman–Crippen LogP) is 1.24. The molecule has 0 saturated carbocycles.